The monoisotopic (exact) mass is 292 g/mol. The molecular weight excluding hydrogens is 280 g/mol. The van der Waals surface area contributed by atoms with Crippen LogP contribution in [0.5, 0.6) is 0 Å². The fourth-order valence-electron chi connectivity index (χ4n) is 2.06. The average Bonchev–Trinajstić information content (AvgIpc) is 3.02. The number of fused-ring (bicyclic) bond motifs is 1. The van der Waals surface area contributed by atoms with E-state index in [2.05, 4.69) is 15.4 Å². The van der Waals surface area contributed by atoms with Crippen LogP contribution in [0.3, 0.4) is 0 Å². The van der Waals surface area contributed by atoms with Gasteiger partial charge >= 0.3 is 5.82 Å². The minimum Gasteiger partial charge on any atom is -0.358 e. The van der Waals surface area contributed by atoms with Crippen molar-refractivity contribution in [2.75, 3.05) is 5.32 Å². The lowest BCUT2D eigenvalue weighted by molar-refractivity contribution is -0.389. The van der Waals surface area contributed by atoms with Crippen molar-refractivity contribution in [2.45, 2.75) is 13.3 Å². The summed E-state index contributed by atoms with van der Waals surface area (Å²) in [4.78, 5) is 15.6. The summed E-state index contributed by atoms with van der Waals surface area (Å²) in [6.45, 7) is 1.98. The molecule has 3 aromatic heterocycles. The first-order valence-electron chi connectivity index (χ1n) is 5.99. The second-order valence-corrected chi connectivity index (χ2v) is 5.11. The SMILES string of the molecule is CCc1nn(C)cc1Nc1nc2sccn2c1[N+](=O)[O-]. The number of aryl methyl sites for hydroxylation is 2. The molecule has 0 radical (unpaired) electrons. The number of nitrogens with zero attached hydrogens (tertiary/aromatic N) is 5. The van der Waals surface area contributed by atoms with E-state index in [1.807, 2.05) is 14.0 Å². The molecule has 1 N–H and O–H groups in total. The number of nitrogens with one attached hydrogen (secondary N) is 1. The highest BCUT2D eigenvalue weighted by Gasteiger charge is 2.24. The Morgan fingerprint density at radius 3 is 3.05 bits per heavy atom. The van der Waals surface area contributed by atoms with E-state index in [1.54, 1.807) is 22.5 Å². The highest BCUT2D eigenvalue weighted by molar-refractivity contribution is 7.15. The van der Waals surface area contributed by atoms with Gasteiger partial charge in [0.25, 0.3) is 4.96 Å². The summed E-state index contributed by atoms with van der Waals surface area (Å²) in [5.74, 6) is 0.178. The first kappa shape index (κ1) is 12.6. The summed E-state index contributed by atoms with van der Waals surface area (Å²) >= 11 is 1.35. The second kappa shape index (κ2) is 4.60. The molecule has 0 aliphatic rings. The van der Waals surface area contributed by atoms with Crippen molar-refractivity contribution in [3.8, 4) is 0 Å². The van der Waals surface area contributed by atoms with Gasteiger partial charge in [0.15, 0.2) is 0 Å². The van der Waals surface area contributed by atoms with Crippen LogP contribution >= 0.6 is 11.3 Å². The quantitative estimate of drug-likeness (QED) is 0.588. The zero-order valence-corrected chi connectivity index (χ0v) is 11.7. The van der Waals surface area contributed by atoms with Crippen molar-refractivity contribution in [3.05, 3.63) is 33.6 Å². The predicted octanol–water partition coefficient (Wildman–Crippen LogP) is 2.34. The van der Waals surface area contributed by atoms with Gasteiger partial charge in [-0.05, 0) is 11.3 Å². The third-order valence-electron chi connectivity index (χ3n) is 2.90. The van der Waals surface area contributed by atoms with Crippen LogP contribution in [-0.4, -0.2) is 24.1 Å². The Morgan fingerprint density at radius 2 is 2.35 bits per heavy atom. The van der Waals surface area contributed by atoms with Crippen LogP contribution in [0.15, 0.2) is 17.8 Å². The summed E-state index contributed by atoms with van der Waals surface area (Å²) in [6, 6.07) is 0. The number of hydrogen-bond acceptors (Lipinski definition) is 6. The van der Waals surface area contributed by atoms with Crippen molar-refractivity contribution in [1.82, 2.24) is 19.2 Å². The maximum absolute atomic E-state index is 11.2. The van der Waals surface area contributed by atoms with Crippen molar-refractivity contribution < 1.29 is 4.92 Å². The van der Waals surface area contributed by atoms with Gasteiger partial charge in [-0.2, -0.15) is 14.5 Å². The Balaban J connectivity index is 2.07. The first-order valence-corrected chi connectivity index (χ1v) is 6.87. The van der Waals surface area contributed by atoms with Crippen molar-refractivity contribution in [2.24, 2.45) is 7.05 Å². The van der Waals surface area contributed by atoms with E-state index in [1.165, 1.54) is 15.7 Å². The van der Waals surface area contributed by atoms with Gasteiger partial charge in [-0.1, -0.05) is 18.3 Å². The summed E-state index contributed by atoms with van der Waals surface area (Å²) < 4.78 is 3.14. The van der Waals surface area contributed by atoms with E-state index in [-0.39, 0.29) is 11.6 Å². The second-order valence-electron chi connectivity index (χ2n) is 4.24. The third-order valence-corrected chi connectivity index (χ3v) is 3.66. The molecule has 0 aromatic carbocycles. The Morgan fingerprint density at radius 1 is 1.55 bits per heavy atom. The molecule has 0 saturated heterocycles. The zero-order chi connectivity index (χ0) is 14.3. The largest absolute Gasteiger partial charge is 0.373 e. The van der Waals surface area contributed by atoms with Gasteiger partial charge in [0, 0.05) is 18.6 Å². The summed E-state index contributed by atoms with van der Waals surface area (Å²) in [5, 5.41) is 20.3. The number of aromatic nitrogens is 4. The lowest BCUT2D eigenvalue weighted by Crippen LogP contribution is -1.99. The number of thiazole rings is 1. The molecule has 20 heavy (non-hydrogen) atoms. The fraction of sp³-hybridized carbons (Fsp3) is 0.273. The molecule has 0 amide bonds. The van der Waals surface area contributed by atoms with Crippen molar-refractivity contribution in [1.29, 1.82) is 0 Å². The van der Waals surface area contributed by atoms with Gasteiger partial charge in [0.1, 0.15) is 6.20 Å². The van der Waals surface area contributed by atoms with Gasteiger partial charge in [0.2, 0.25) is 5.82 Å². The van der Waals surface area contributed by atoms with Crippen LogP contribution in [0.1, 0.15) is 12.6 Å². The van der Waals surface area contributed by atoms with E-state index in [0.29, 0.717) is 4.96 Å². The van der Waals surface area contributed by atoms with E-state index in [9.17, 15) is 10.1 Å². The molecule has 0 unspecified atom stereocenters. The van der Waals surface area contributed by atoms with E-state index in [0.717, 1.165) is 17.8 Å². The first-order chi connectivity index (χ1) is 9.60. The average molecular weight is 292 g/mol. The summed E-state index contributed by atoms with van der Waals surface area (Å²) in [5.41, 5.74) is 1.59. The van der Waals surface area contributed by atoms with Crippen LogP contribution in [0, 0.1) is 10.1 Å². The molecule has 0 bridgehead atoms. The lowest BCUT2D eigenvalue weighted by atomic mass is 10.3. The van der Waals surface area contributed by atoms with Gasteiger partial charge in [-0.25, -0.2) is 0 Å². The molecule has 3 heterocycles. The molecule has 0 fully saturated rings. The number of rotatable bonds is 4. The van der Waals surface area contributed by atoms with Crippen LogP contribution in [0.25, 0.3) is 4.96 Å². The zero-order valence-electron chi connectivity index (χ0n) is 10.9. The van der Waals surface area contributed by atoms with Crippen molar-refractivity contribution >= 4 is 33.6 Å². The third kappa shape index (κ3) is 1.92. The standard InChI is InChI=1S/C11H12N6O2S/c1-3-7-8(6-15(2)14-7)12-9-10(17(18)19)16-4-5-20-11(16)13-9/h4-6,12H,3H2,1-2H3. The smallest absolute Gasteiger partial charge is 0.358 e. The topological polar surface area (TPSA) is 90.3 Å². The molecule has 3 rings (SSSR count). The van der Waals surface area contributed by atoms with Crippen LogP contribution in [0.2, 0.25) is 0 Å². The number of anilines is 2. The van der Waals surface area contributed by atoms with Crippen LogP contribution in [0.4, 0.5) is 17.3 Å². The van der Waals surface area contributed by atoms with Gasteiger partial charge in [-0.15, -0.1) is 0 Å². The maximum atomic E-state index is 11.2. The highest BCUT2D eigenvalue weighted by Crippen LogP contribution is 2.31. The van der Waals surface area contributed by atoms with Gasteiger partial charge in [-0.3, -0.25) is 4.68 Å². The minimum atomic E-state index is -0.433. The maximum Gasteiger partial charge on any atom is 0.373 e. The normalized spacial score (nSPS) is 11.1. The molecule has 0 spiro atoms. The van der Waals surface area contributed by atoms with E-state index >= 15 is 0 Å². The van der Waals surface area contributed by atoms with E-state index < -0.39 is 4.92 Å². The summed E-state index contributed by atoms with van der Waals surface area (Å²) in [6.07, 6.45) is 4.16. The molecule has 0 aliphatic heterocycles. The molecule has 3 aromatic rings. The minimum absolute atomic E-state index is 0.0628. The van der Waals surface area contributed by atoms with E-state index in [4.69, 9.17) is 0 Å². The lowest BCUT2D eigenvalue weighted by Gasteiger charge is -2.01. The molecular formula is C11H12N6O2S. The fourth-order valence-corrected chi connectivity index (χ4v) is 2.77. The van der Waals surface area contributed by atoms with Gasteiger partial charge in [0.05, 0.1) is 11.4 Å². The van der Waals surface area contributed by atoms with Crippen LogP contribution in [-0.2, 0) is 13.5 Å². The number of imidazole rings is 1. The highest BCUT2D eigenvalue weighted by atomic mass is 32.1. The Bertz CT molecular complexity index is 786. The molecule has 0 atom stereocenters. The van der Waals surface area contributed by atoms with Crippen LogP contribution < -0.4 is 5.32 Å². The van der Waals surface area contributed by atoms with Crippen molar-refractivity contribution in [3.63, 3.8) is 0 Å². The Labute approximate surface area is 117 Å². The predicted molar refractivity (Wildman–Crippen MR) is 75.6 cm³/mol. The molecule has 8 nitrogen and oxygen atoms in total. The Kier molecular flexibility index (Phi) is 2.90. The Hall–Kier alpha value is -2.42. The summed E-state index contributed by atoms with van der Waals surface area (Å²) in [7, 11) is 1.81. The number of nitro groups is 1. The number of hydrogen-bond donors (Lipinski definition) is 1. The van der Waals surface area contributed by atoms with Gasteiger partial charge < -0.3 is 15.4 Å². The molecule has 0 aliphatic carbocycles. The molecule has 9 heteroatoms. The molecule has 0 saturated carbocycles. The molecule has 104 valence electrons.